The minimum atomic E-state index is -0.898. The number of aromatic carboxylic acids is 1. The van der Waals surface area contributed by atoms with Crippen LogP contribution in [-0.4, -0.2) is 22.2 Å². The molecule has 0 saturated carbocycles. The predicted molar refractivity (Wildman–Crippen MR) is 74.3 cm³/mol. The summed E-state index contributed by atoms with van der Waals surface area (Å²) in [6.45, 7) is 4.77. The molecule has 98 valence electrons. The van der Waals surface area contributed by atoms with E-state index in [-0.39, 0.29) is 0 Å². The van der Waals surface area contributed by atoms with Gasteiger partial charge in [-0.15, -0.1) is 0 Å². The summed E-state index contributed by atoms with van der Waals surface area (Å²) in [5.41, 5.74) is 1.35. The molecule has 2 aromatic rings. The minimum absolute atomic E-state index is 0.314. The van der Waals surface area contributed by atoms with Crippen LogP contribution in [0.2, 0.25) is 0 Å². The Kier molecular flexibility index (Phi) is 4.83. The van der Waals surface area contributed by atoms with Crippen molar-refractivity contribution >= 4 is 28.8 Å². The Labute approximate surface area is 110 Å². The summed E-state index contributed by atoms with van der Waals surface area (Å²) in [7, 11) is 0. The number of hydrogen-bond donors (Lipinski definition) is 2. The average molecular weight is 258 g/mol. The van der Waals surface area contributed by atoms with Crippen LogP contribution in [0.4, 0.5) is 0 Å². The fraction of sp³-hybridized carbons (Fsp3) is 0.0667. The molecule has 0 spiro atoms. The van der Waals surface area contributed by atoms with Gasteiger partial charge in [0.05, 0.1) is 5.56 Å². The summed E-state index contributed by atoms with van der Waals surface area (Å²) in [4.78, 5) is 19.8. The van der Waals surface area contributed by atoms with Crippen molar-refractivity contribution in [3.8, 4) is 0 Å². The Bertz CT molecular complexity index is 625. The lowest BCUT2D eigenvalue weighted by atomic mass is 10.0. The number of hydrogen-bond acceptors (Lipinski definition) is 2. The molecule has 0 radical (unpaired) electrons. The zero-order valence-electron chi connectivity index (χ0n) is 10.5. The topological polar surface area (TPSA) is 74.6 Å². The average Bonchev–Trinajstić information content (AvgIpc) is 2.36. The molecule has 0 saturated heterocycles. The van der Waals surface area contributed by atoms with E-state index in [9.17, 15) is 4.79 Å². The zero-order chi connectivity index (χ0) is 14.4. The van der Waals surface area contributed by atoms with Crippen LogP contribution in [0.1, 0.15) is 22.8 Å². The van der Waals surface area contributed by atoms with E-state index in [4.69, 9.17) is 15.0 Å². The quantitative estimate of drug-likeness (QED) is 0.866. The van der Waals surface area contributed by atoms with Crippen LogP contribution in [0, 0.1) is 0 Å². The Hall–Kier alpha value is -2.62. The van der Waals surface area contributed by atoms with Crippen molar-refractivity contribution in [2.24, 2.45) is 0 Å². The molecule has 0 heterocycles. The molecule has 0 amide bonds. The van der Waals surface area contributed by atoms with Gasteiger partial charge in [0.2, 0.25) is 0 Å². The van der Waals surface area contributed by atoms with Crippen molar-refractivity contribution in [2.75, 3.05) is 0 Å². The van der Waals surface area contributed by atoms with E-state index in [1.807, 2.05) is 24.3 Å². The molecule has 4 heteroatoms. The summed E-state index contributed by atoms with van der Waals surface area (Å²) in [6.07, 6.45) is 1.77. The second-order valence-corrected chi connectivity index (χ2v) is 3.85. The lowest BCUT2D eigenvalue weighted by Gasteiger charge is -2.01. The first kappa shape index (κ1) is 14.4. The first-order valence-electron chi connectivity index (χ1n) is 5.53. The molecule has 0 atom stereocenters. The van der Waals surface area contributed by atoms with Crippen LogP contribution in [0.3, 0.4) is 0 Å². The molecule has 2 rings (SSSR count). The van der Waals surface area contributed by atoms with Crippen molar-refractivity contribution in [2.45, 2.75) is 6.92 Å². The number of carboxylic acids is 2. The summed E-state index contributed by atoms with van der Waals surface area (Å²) < 4.78 is 0. The third-order valence-corrected chi connectivity index (χ3v) is 2.35. The molecule has 0 aliphatic heterocycles. The molecule has 2 aromatic carbocycles. The number of benzene rings is 2. The minimum Gasteiger partial charge on any atom is -0.481 e. The van der Waals surface area contributed by atoms with Gasteiger partial charge in [0.25, 0.3) is 5.97 Å². The molecule has 0 aromatic heterocycles. The SMILES string of the molecule is C=Cc1ccc2cc(C(=O)O)ccc2c1.CC(=O)O. The predicted octanol–water partition coefficient (Wildman–Crippen LogP) is 3.27. The van der Waals surface area contributed by atoms with Gasteiger partial charge in [0.15, 0.2) is 0 Å². The van der Waals surface area contributed by atoms with Gasteiger partial charge in [-0.05, 0) is 34.5 Å². The Morgan fingerprint density at radius 3 is 2.11 bits per heavy atom. The van der Waals surface area contributed by atoms with Crippen LogP contribution in [0.15, 0.2) is 43.0 Å². The van der Waals surface area contributed by atoms with Gasteiger partial charge in [-0.1, -0.05) is 30.9 Å². The van der Waals surface area contributed by atoms with Gasteiger partial charge in [-0.3, -0.25) is 4.79 Å². The second-order valence-electron chi connectivity index (χ2n) is 3.85. The van der Waals surface area contributed by atoms with E-state index >= 15 is 0 Å². The molecule has 2 N–H and O–H groups in total. The maximum absolute atomic E-state index is 10.8. The Morgan fingerprint density at radius 1 is 1.05 bits per heavy atom. The van der Waals surface area contributed by atoms with Crippen LogP contribution in [-0.2, 0) is 4.79 Å². The number of rotatable bonds is 2. The number of carboxylic acid groups (broad SMARTS) is 2. The van der Waals surface area contributed by atoms with E-state index < -0.39 is 11.9 Å². The van der Waals surface area contributed by atoms with Gasteiger partial charge in [-0.25, -0.2) is 4.79 Å². The molecule has 0 aliphatic rings. The van der Waals surface area contributed by atoms with Crippen LogP contribution >= 0.6 is 0 Å². The standard InChI is InChI=1S/C13H10O2.C2H4O2/c1-2-9-3-4-11-8-12(13(14)15)6-5-10(11)7-9;1-2(3)4/h2-8H,1H2,(H,14,15);1H3,(H,3,4). The largest absolute Gasteiger partial charge is 0.481 e. The van der Waals surface area contributed by atoms with Crippen LogP contribution < -0.4 is 0 Å². The Morgan fingerprint density at radius 2 is 1.58 bits per heavy atom. The normalized spacial score (nSPS) is 9.32. The molecule has 4 nitrogen and oxygen atoms in total. The third kappa shape index (κ3) is 4.27. The zero-order valence-corrected chi connectivity index (χ0v) is 10.5. The molecule has 0 unspecified atom stereocenters. The highest BCUT2D eigenvalue weighted by atomic mass is 16.4. The molecule has 19 heavy (non-hydrogen) atoms. The second kappa shape index (κ2) is 6.35. The summed E-state index contributed by atoms with van der Waals surface area (Å²) in [5, 5.41) is 18.2. The number of aliphatic carboxylic acids is 1. The van der Waals surface area contributed by atoms with E-state index in [1.165, 1.54) is 0 Å². The molecular weight excluding hydrogens is 244 g/mol. The first-order valence-corrected chi connectivity index (χ1v) is 5.53. The highest BCUT2D eigenvalue weighted by Gasteiger charge is 2.03. The number of carbonyl (C=O) groups is 2. The van der Waals surface area contributed by atoms with Gasteiger partial charge < -0.3 is 10.2 Å². The fourth-order valence-corrected chi connectivity index (χ4v) is 1.52. The van der Waals surface area contributed by atoms with E-state index in [0.29, 0.717) is 5.56 Å². The van der Waals surface area contributed by atoms with E-state index in [0.717, 1.165) is 23.3 Å². The molecule has 0 aliphatic carbocycles. The third-order valence-electron chi connectivity index (χ3n) is 2.35. The monoisotopic (exact) mass is 258 g/mol. The molecule has 0 bridgehead atoms. The number of fused-ring (bicyclic) bond motifs is 1. The highest BCUT2D eigenvalue weighted by Crippen LogP contribution is 2.18. The first-order chi connectivity index (χ1) is 8.93. The molecular formula is C15H14O4. The lowest BCUT2D eigenvalue weighted by Crippen LogP contribution is -1.95. The van der Waals surface area contributed by atoms with E-state index in [1.54, 1.807) is 18.2 Å². The van der Waals surface area contributed by atoms with Crippen molar-refractivity contribution < 1.29 is 19.8 Å². The fourth-order valence-electron chi connectivity index (χ4n) is 1.52. The summed E-state index contributed by atoms with van der Waals surface area (Å²) >= 11 is 0. The van der Waals surface area contributed by atoms with Crippen molar-refractivity contribution in [1.29, 1.82) is 0 Å². The maximum atomic E-state index is 10.8. The summed E-state index contributed by atoms with van der Waals surface area (Å²) in [5.74, 6) is -1.73. The van der Waals surface area contributed by atoms with Gasteiger partial charge in [-0.2, -0.15) is 0 Å². The van der Waals surface area contributed by atoms with Gasteiger partial charge >= 0.3 is 5.97 Å². The molecule has 0 fully saturated rings. The van der Waals surface area contributed by atoms with Crippen molar-refractivity contribution in [3.05, 3.63) is 54.1 Å². The lowest BCUT2D eigenvalue weighted by molar-refractivity contribution is -0.134. The van der Waals surface area contributed by atoms with Crippen LogP contribution in [0.5, 0.6) is 0 Å². The smallest absolute Gasteiger partial charge is 0.335 e. The Balaban J connectivity index is 0.000000399. The van der Waals surface area contributed by atoms with Crippen LogP contribution in [0.25, 0.3) is 16.8 Å². The van der Waals surface area contributed by atoms with E-state index in [2.05, 4.69) is 6.58 Å². The van der Waals surface area contributed by atoms with Gasteiger partial charge in [0, 0.05) is 6.92 Å². The van der Waals surface area contributed by atoms with Crippen molar-refractivity contribution in [1.82, 2.24) is 0 Å². The van der Waals surface area contributed by atoms with Crippen molar-refractivity contribution in [3.63, 3.8) is 0 Å². The maximum Gasteiger partial charge on any atom is 0.335 e. The summed E-state index contributed by atoms with van der Waals surface area (Å²) in [6, 6.07) is 10.9. The highest BCUT2D eigenvalue weighted by molar-refractivity contribution is 5.94. The van der Waals surface area contributed by atoms with Gasteiger partial charge in [0.1, 0.15) is 0 Å².